The second-order valence-electron chi connectivity index (χ2n) is 4.86. The third kappa shape index (κ3) is 5.09. The van der Waals surface area contributed by atoms with Crippen molar-refractivity contribution in [2.24, 2.45) is 10.7 Å². The first-order valence-corrected chi connectivity index (χ1v) is 7.08. The maximum absolute atomic E-state index is 13.0. The molecule has 3 N–H and O–H groups in total. The summed E-state index contributed by atoms with van der Waals surface area (Å²) in [5, 5.41) is 3.05. The normalized spacial score (nSPS) is 11.3. The number of nitrogens with zero attached hydrogens (tertiary/aromatic N) is 1. The van der Waals surface area contributed by atoms with E-state index >= 15 is 0 Å². The molecular formula is C17H20FN3O. The molecule has 0 spiro atoms. The molecule has 116 valence electrons. The van der Waals surface area contributed by atoms with E-state index in [0.29, 0.717) is 19.0 Å². The van der Waals surface area contributed by atoms with Crippen molar-refractivity contribution in [3.05, 3.63) is 65.5 Å². The Hall–Kier alpha value is -2.56. The highest BCUT2D eigenvalue weighted by molar-refractivity contribution is 5.77. The fourth-order valence-electron chi connectivity index (χ4n) is 1.99. The largest absolute Gasteiger partial charge is 0.497 e. The number of nitrogens with one attached hydrogen (secondary N) is 1. The Kier molecular flexibility index (Phi) is 5.77. The van der Waals surface area contributed by atoms with Crippen LogP contribution in [0, 0.1) is 5.82 Å². The van der Waals surface area contributed by atoms with Crippen molar-refractivity contribution < 1.29 is 9.13 Å². The van der Waals surface area contributed by atoms with Gasteiger partial charge in [-0.05, 0) is 41.8 Å². The van der Waals surface area contributed by atoms with Gasteiger partial charge in [-0.2, -0.15) is 0 Å². The Morgan fingerprint density at radius 1 is 1.18 bits per heavy atom. The average Bonchev–Trinajstić information content (AvgIpc) is 2.54. The minimum Gasteiger partial charge on any atom is -0.497 e. The predicted octanol–water partition coefficient (Wildman–Crippen LogP) is 2.48. The van der Waals surface area contributed by atoms with E-state index in [1.165, 1.54) is 17.7 Å². The van der Waals surface area contributed by atoms with Gasteiger partial charge in [0, 0.05) is 6.54 Å². The molecule has 0 radical (unpaired) electrons. The summed E-state index contributed by atoms with van der Waals surface area (Å²) >= 11 is 0. The molecule has 0 aliphatic heterocycles. The van der Waals surface area contributed by atoms with Gasteiger partial charge in [-0.3, -0.25) is 0 Å². The Morgan fingerprint density at radius 2 is 1.95 bits per heavy atom. The summed E-state index contributed by atoms with van der Waals surface area (Å²) in [6, 6.07) is 14.2. The first-order valence-electron chi connectivity index (χ1n) is 7.08. The number of hydrogen-bond donors (Lipinski definition) is 2. The molecule has 0 bridgehead atoms. The van der Waals surface area contributed by atoms with E-state index in [-0.39, 0.29) is 5.82 Å². The second-order valence-corrected chi connectivity index (χ2v) is 4.86. The monoisotopic (exact) mass is 301 g/mol. The molecule has 22 heavy (non-hydrogen) atoms. The van der Waals surface area contributed by atoms with Crippen LogP contribution in [-0.4, -0.2) is 19.6 Å². The number of ether oxygens (including phenoxy) is 1. The molecule has 0 saturated heterocycles. The van der Waals surface area contributed by atoms with Crippen LogP contribution in [0.25, 0.3) is 0 Å². The lowest BCUT2D eigenvalue weighted by atomic mass is 10.1. The Bertz CT molecular complexity index is 626. The Labute approximate surface area is 129 Å². The van der Waals surface area contributed by atoms with Crippen molar-refractivity contribution in [1.29, 1.82) is 0 Å². The van der Waals surface area contributed by atoms with Gasteiger partial charge in [-0.1, -0.05) is 24.3 Å². The van der Waals surface area contributed by atoms with Crippen LogP contribution >= 0.6 is 0 Å². The number of halogens is 1. The van der Waals surface area contributed by atoms with Gasteiger partial charge in [0.15, 0.2) is 5.96 Å². The van der Waals surface area contributed by atoms with Crippen LogP contribution in [0.5, 0.6) is 5.75 Å². The quantitative estimate of drug-likeness (QED) is 0.636. The van der Waals surface area contributed by atoms with E-state index in [0.717, 1.165) is 17.7 Å². The SMILES string of the molecule is COc1ccc(CCNC(N)=NCc2cccc(F)c2)cc1. The van der Waals surface area contributed by atoms with E-state index in [1.807, 2.05) is 30.3 Å². The van der Waals surface area contributed by atoms with Crippen molar-refractivity contribution >= 4 is 5.96 Å². The first-order chi connectivity index (χ1) is 10.7. The first kappa shape index (κ1) is 15.8. The lowest BCUT2D eigenvalue weighted by molar-refractivity contribution is 0.414. The van der Waals surface area contributed by atoms with Crippen LogP contribution in [-0.2, 0) is 13.0 Å². The molecule has 0 fully saturated rings. The fourth-order valence-corrected chi connectivity index (χ4v) is 1.99. The summed E-state index contributed by atoms with van der Waals surface area (Å²) < 4.78 is 18.1. The van der Waals surface area contributed by atoms with Crippen LogP contribution in [0.2, 0.25) is 0 Å². The van der Waals surface area contributed by atoms with Gasteiger partial charge in [0.2, 0.25) is 0 Å². The maximum atomic E-state index is 13.0. The number of guanidine groups is 1. The molecule has 0 unspecified atom stereocenters. The van der Waals surface area contributed by atoms with Gasteiger partial charge in [-0.15, -0.1) is 0 Å². The molecule has 0 amide bonds. The van der Waals surface area contributed by atoms with Crippen LogP contribution in [0.15, 0.2) is 53.5 Å². The number of nitrogens with two attached hydrogens (primary N) is 1. The second kappa shape index (κ2) is 8.02. The predicted molar refractivity (Wildman–Crippen MR) is 86.4 cm³/mol. The standard InChI is InChI=1S/C17H20FN3O/c1-22-16-7-5-13(6-8-16)9-10-20-17(19)21-12-14-3-2-4-15(18)11-14/h2-8,11H,9-10,12H2,1H3,(H3,19,20,21). The zero-order valence-electron chi connectivity index (χ0n) is 12.6. The lowest BCUT2D eigenvalue weighted by Gasteiger charge is -2.07. The van der Waals surface area contributed by atoms with Crippen LogP contribution in [0.3, 0.4) is 0 Å². The van der Waals surface area contributed by atoms with Crippen molar-refractivity contribution in [2.75, 3.05) is 13.7 Å². The van der Waals surface area contributed by atoms with Gasteiger partial charge < -0.3 is 15.8 Å². The Balaban J connectivity index is 1.76. The van der Waals surface area contributed by atoms with Crippen molar-refractivity contribution in [3.63, 3.8) is 0 Å². The summed E-state index contributed by atoms with van der Waals surface area (Å²) in [7, 11) is 1.65. The smallest absolute Gasteiger partial charge is 0.188 e. The van der Waals surface area contributed by atoms with Crippen molar-refractivity contribution in [3.8, 4) is 5.75 Å². The molecule has 2 aromatic rings. The van der Waals surface area contributed by atoms with E-state index in [1.54, 1.807) is 13.2 Å². The fraction of sp³-hybridized carbons (Fsp3) is 0.235. The van der Waals surface area contributed by atoms with E-state index in [9.17, 15) is 4.39 Å². The number of hydrogen-bond acceptors (Lipinski definition) is 2. The molecule has 0 atom stereocenters. The third-order valence-electron chi connectivity index (χ3n) is 3.20. The molecule has 0 aliphatic carbocycles. The highest BCUT2D eigenvalue weighted by atomic mass is 19.1. The van der Waals surface area contributed by atoms with Crippen LogP contribution in [0.4, 0.5) is 4.39 Å². The maximum Gasteiger partial charge on any atom is 0.188 e. The third-order valence-corrected chi connectivity index (χ3v) is 3.20. The van der Waals surface area contributed by atoms with Crippen molar-refractivity contribution in [1.82, 2.24) is 5.32 Å². The zero-order valence-corrected chi connectivity index (χ0v) is 12.6. The van der Waals surface area contributed by atoms with Crippen LogP contribution in [0.1, 0.15) is 11.1 Å². The summed E-state index contributed by atoms with van der Waals surface area (Å²) in [5.41, 5.74) is 7.77. The molecular weight excluding hydrogens is 281 g/mol. The highest BCUT2D eigenvalue weighted by Crippen LogP contribution is 2.11. The van der Waals surface area contributed by atoms with Crippen LogP contribution < -0.4 is 15.8 Å². The molecule has 2 aromatic carbocycles. The topological polar surface area (TPSA) is 59.6 Å². The number of benzene rings is 2. The van der Waals surface area contributed by atoms with Gasteiger partial charge >= 0.3 is 0 Å². The number of methoxy groups -OCH3 is 1. The summed E-state index contributed by atoms with van der Waals surface area (Å²) in [6.07, 6.45) is 0.834. The van der Waals surface area contributed by atoms with E-state index in [2.05, 4.69) is 10.3 Å². The lowest BCUT2D eigenvalue weighted by Crippen LogP contribution is -2.33. The molecule has 0 aliphatic rings. The highest BCUT2D eigenvalue weighted by Gasteiger charge is 1.97. The molecule has 0 heterocycles. The van der Waals surface area contributed by atoms with Gasteiger partial charge in [-0.25, -0.2) is 9.38 Å². The molecule has 2 rings (SSSR count). The van der Waals surface area contributed by atoms with E-state index < -0.39 is 0 Å². The zero-order chi connectivity index (χ0) is 15.8. The van der Waals surface area contributed by atoms with Crippen molar-refractivity contribution in [2.45, 2.75) is 13.0 Å². The number of aliphatic imine (C=N–C) groups is 1. The summed E-state index contributed by atoms with van der Waals surface area (Å²) in [6.45, 7) is 1.05. The van der Waals surface area contributed by atoms with E-state index in [4.69, 9.17) is 10.5 Å². The Morgan fingerprint density at radius 3 is 2.64 bits per heavy atom. The number of rotatable bonds is 6. The molecule has 5 heteroatoms. The summed E-state index contributed by atoms with van der Waals surface area (Å²) in [4.78, 5) is 4.19. The molecule has 0 aromatic heterocycles. The van der Waals surface area contributed by atoms with Gasteiger partial charge in [0.1, 0.15) is 11.6 Å². The minimum atomic E-state index is -0.265. The molecule has 4 nitrogen and oxygen atoms in total. The van der Waals surface area contributed by atoms with Gasteiger partial charge in [0.25, 0.3) is 0 Å². The van der Waals surface area contributed by atoms with Gasteiger partial charge in [0.05, 0.1) is 13.7 Å². The average molecular weight is 301 g/mol. The molecule has 0 saturated carbocycles. The summed E-state index contributed by atoms with van der Waals surface area (Å²) in [5.74, 6) is 0.935. The minimum absolute atomic E-state index is 0.265.